The highest BCUT2D eigenvalue weighted by atomic mass is 35.5. The number of aryl methyl sites for hydroxylation is 1. The summed E-state index contributed by atoms with van der Waals surface area (Å²) in [5, 5.41) is 17.4. The summed E-state index contributed by atoms with van der Waals surface area (Å²) < 4.78 is 96.8. The number of carbonyl (C=O) groups is 1. The molecule has 3 N–H and O–H groups in total. The zero-order chi connectivity index (χ0) is 30.8. The smallest absolute Gasteiger partial charge is 0.394 e. The predicted octanol–water partition coefficient (Wildman–Crippen LogP) is 4.74. The number of ether oxygens (including phenoxy) is 1. The maximum atomic E-state index is 13.4. The molecule has 1 heterocycles. The predicted molar refractivity (Wildman–Crippen MR) is 140 cm³/mol. The summed E-state index contributed by atoms with van der Waals surface area (Å²) in [5.74, 6) is -1.18. The molecule has 16 heteroatoms. The van der Waals surface area contributed by atoms with Crippen LogP contribution in [0, 0.1) is 5.41 Å². The lowest BCUT2D eigenvalue weighted by Crippen LogP contribution is -2.48. The van der Waals surface area contributed by atoms with E-state index in [1.165, 1.54) is 16.8 Å². The monoisotopic (exact) mass is 629 g/mol. The molecule has 2 aromatic rings. The van der Waals surface area contributed by atoms with Gasteiger partial charge >= 0.3 is 12.8 Å². The number of carbonyl (C=O) groups excluding carboxylic acids is 1. The van der Waals surface area contributed by atoms with E-state index in [4.69, 9.17) is 11.6 Å². The first-order valence-corrected chi connectivity index (χ1v) is 14.2. The van der Waals surface area contributed by atoms with Crippen LogP contribution in [-0.2, 0) is 24.2 Å². The van der Waals surface area contributed by atoms with Crippen LogP contribution in [0.3, 0.4) is 0 Å². The molecular weight excluding hydrogens is 599 g/mol. The number of alkyl halides is 5. The molecule has 1 fully saturated rings. The largest absolute Gasteiger partial charge is 0.760 e. The minimum atomic E-state index is -4.54. The van der Waals surface area contributed by atoms with Crippen molar-refractivity contribution in [3.05, 3.63) is 34.5 Å². The number of benzene rings is 1. The number of nitrogens with one attached hydrogen (secondary N) is 2. The van der Waals surface area contributed by atoms with Gasteiger partial charge in [-0.05, 0) is 56.7 Å². The van der Waals surface area contributed by atoms with E-state index in [0.29, 0.717) is 12.8 Å². The van der Waals surface area contributed by atoms with Crippen molar-refractivity contribution in [1.82, 2.24) is 19.8 Å². The third kappa shape index (κ3) is 8.15. The molecule has 230 valence electrons. The molecule has 1 saturated carbocycles. The van der Waals surface area contributed by atoms with Crippen molar-refractivity contribution in [1.29, 1.82) is 0 Å². The Balaban J connectivity index is 1.86. The van der Waals surface area contributed by atoms with Gasteiger partial charge in [-0.2, -0.15) is 27.1 Å². The summed E-state index contributed by atoms with van der Waals surface area (Å²) in [6.45, 7) is 0.337. The van der Waals surface area contributed by atoms with E-state index < -0.39 is 53.1 Å². The van der Waals surface area contributed by atoms with Crippen LogP contribution in [0.4, 0.5) is 22.0 Å². The van der Waals surface area contributed by atoms with Gasteiger partial charge in [0.15, 0.2) is 5.69 Å². The summed E-state index contributed by atoms with van der Waals surface area (Å²) in [5.41, 5.74) is -3.54. The quantitative estimate of drug-likeness (QED) is 0.243. The van der Waals surface area contributed by atoms with Gasteiger partial charge in [0.1, 0.15) is 5.75 Å². The van der Waals surface area contributed by atoms with Crippen molar-refractivity contribution in [3.8, 4) is 17.0 Å². The van der Waals surface area contributed by atoms with Crippen molar-refractivity contribution in [2.24, 2.45) is 5.41 Å². The van der Waals surface area contributed by atoms with Gasteiger partial charge in [0, 0.05) is 36.0 Å². The fourth-order valence-electron chi connectivity index (χ4n) is 4.66. The minimum absolute atomic E-state index is 0.00234. The summed E-state index contributed by atoms with van der Waals surface area (Å²) in [6.07, 6.45) is -3.88. The van der Waals surface area contributed by atoms with Gasteiger partial charge in [0.05, 0.1) is 21.7 Å². The fraction of sp³-hybridized carbons (Fsp3) is 0.600. The molecule has 1 unspecified atom stereocenters. The number of aliphatic hydroxyl groups is 1. The Hall–Kier alpha value is -2.33. The van der Waals surface area contributed by atoms with Crippen LogP contribution in [0.1, 0.15) is 62.5 Å². The molecule has 0 aliphatic heterocycles. The molecule has 1 amide bonds. The van der Waals surface area contributed by atoms with Gasteiger partial charge in [-0.15, -0.1) is 0 Å². The van der Waals surface area contributed by atoms with Gasteiger partial charge in [-0.3, -0.25) is 13.7 Å². The van der Waals surface area contributed by atoms with Crippen LogP contribution in [0.25, 0.3) is 11.3 Å². The topological polar surface area (TPSA) is 129 Å². The Morgan fingerprint density at radius 3 is 2.49 bits per heavy atom. The van der Waals surface area contributed by atoms with Gasteiger partial charge < -0.3 is 19.7 Å². The van der Waals surface area contributed by atoms with Crippen molar-refractivity contribution in [3.63, 3.8) is 0 Å². The second kappa shape index (κ2) is 12.9. The average molecular weight is 630 g/mol. The number of hydrogen-bond acceptors (Lipinski definition) is 6. The molecule has 1 aromatic heterocycles. The van der Waals surface area contributed by atoms with Crippen LogP contribution in [-0.4, -0.2) is 60.5 Å². The maximum Gasteiger partial charge on any atom is 0.394 e. The number of halogens is 6. The Bertz CT molecular complexity index is 1270. The minimum Gasteiger partial charge on any atom is -0.760 e. The fourth-order valence-corrected chi connectivity index (χ4v) is 5.49. The highest BCUT2D eigenvalue weighted by molar-refractivity contribution is 7.77. The van der Waals surface area contributed by atoms with E-state index in [-0.39, 0.29) is 59.5 Å². The number of rotatable bonds is 11. The molecular formula is C25H31ClF5N4O5S-. The number of nitrogens with zero attached hydrogens (tertiary/aromatic N) is 2. The standard InChI is InChI=1S/C25H32ClF5N4O5S/c1-4-35-20(16-6-5-14(11-17(16)40-22(27)28)12-23(2,3)25(29,30)31)18(26)19(33-35)21(36)32-13-24(37)9-7-15(8-10-24)34-41(38)39/h5-6,11,15,22,34,37H,4,7-10,12-13H2,1-3H3,(H,32,36)(H,38,39)/p-1. The van der Waals surface area contributed by atoms with Crippen molar-refractivity contribution < 1.29 is 45.4 Å². The number of hydrogen-bond donors (Lipinski definition) is 3. The third-order valence-electron chi connectivity index (χ3n) is 7.10. The lowest BCUT2D eigenvalue weighted by molar-refractivity contribution is -0.211. The SMILES string of the molecule is CCn1nc(C(=O)NCC2(O)CCC(NS(=O)[O-])CC2)c(Cl)c1-c1ccc(CC(C)(C)C(F)(F)F)cc1OC(F)F. The number of aromatic nitrogens is 2. The van der Waals surface area contributed by atoms with Crippen LogP contribution < -0.4 is 14.8 Å². The molecule has 1 aliphatic carbocycles. The molecule has 0 saturated heterocycles. The van der Waals surface area contributed by atoms with Crippen LogP contribution in [0.2, 0.25) is 5.02 Å². The second-order valence-corrected chi connectivity index (χ2v) is 11.7. The van der Waals surface area contributed by atoms with Crippen LogP contribution in [0.15, 0.2) is 18.2 Å². The van der Waals surface area contributed by atoms with E-state index >= 15 is 0 Å². The molecule has 1 aromatic carbocycles. The lowest BCUT2D eigenvalue weighted by Gasteiger charge is -2.36. The van der Waals surface area contributed by atoms with Crippen LogP contribution >= 0.6 is 11.6 Å². The number of amides is 1. The van der Waals surface area contributed by atoms with Crippen molar-refractivity contribution in [2.45, 2.75) is 83.9 Å². The second-order valence-electron chi connectivity index (χ2n) is 10.6. The normalized spacial score (nSPS) is 20.7. The van der Waals surface area contributed by atoms with Crippen LogP contribution in [0.5, 0.6) is 5.75 Å². The summed E-state index contributed by atoms with van der Waals surface area (Å²) >= 11 is 4.08. The molecule has 0 radical (unpaired) electrons. The lowest BCUT2D eigenvalue weighted by atomic mass is 9.82. The highest BCUT2D eigenvalue weighted by Gasteiger charge is 2.47. The first kappa shape index (κ1) is 33.2. The summed E-state index contributed by atoms with van der Waals surface area (Å²) in [6, 6.07) is 3.40. The first-order chi connectivity index (χ1) is 19.0. The van der Waals surface area contributed by atoms with Gasteiger partial charge in [-0.1, -0.05) is 31.5 Å². The maximum absolute atomic E-state index is 13.4. The van der Waals surface area contributed by atoms with Gasteiger partial charge in [-0.25, -0.2) is 4.72 Å². The van der Waals surface area contributed by atoms with E-state index in [9.17, 15) is 40.6 Å². The Kier molecular flexibility index (Phi) is 10.4. The third-order valence-corrected chi connectivity index (χ3v) is 7.98. The summed E-state index contributed by atoms with van der Waals surface area (Å²) in [7, 11) is 0. The van der Waals surface area contributed by atoms with Crippen molar-refractivity contribution in [2.75, 3.05) is 6.54 Å². The summed E-state index contributed by atoms with van der Waals surface area (Å²) in [4.78, 5) is 13.0. The van der Waals surface area contributed by atoms with Crippen molar-refractivity contribution >= 4 is 28.8 Å². The Morgan fingerprint density at radius 1 is 1.32 bits per heavy atom. The van der Waals surface area contributed by atoms with Gasteiger partial charge in [0.25, 0.3) is 5.91 Å². The molecule has 1 atom stereocenters. The van der Waals surface area contributed by atoms with E-state index in [2.05, 4.69) is 19.9 Å². The molecule has 9 nitrogen and oxygen atoms in total. The Labute approximate surface area is 241 Å². The van der Waals surface area contributed by atoms with E-state index in [0.717, 1.165) is 19.9 Å². The first-order valence-electron chi connectivity index (χ1n) is 12.7. The van der Waals surface area contributed by atoms with Gasteiger partial charge in [0.2, 0.25) is 0 Å². The average Bonchev–Trinajstić information content (AvgIpc) is 3.19. The molecule has 3 rings (SSSR count). The molecule has 0 spiro atoms. The molecule has 41 heavy (non-hydrogen) atoms. The zero-order valence-electron chi connectivity index (χ0n) is 22.5. The zero-order valence-corrected chi connectivity index (χ0v) is 24.1. The Morgan fingerprint density at radius 2 is 1.95 bits per heavy atom. The molecule has 1 aliphatic rings. The van der Waals surface area contributed by atoms with E-state index in [1.54, 1.807) is 6.92 Å². The highest BCUT2D eigenvalue weighted by Crippen LogP contribution is 2.43. The molecule has 0 bridgehead atoms. The van der Waals surface area contributed by atoms with E-state index in [1.807, 2.05) is 0 Å².